The van der Waals surface area contributed by atoms with Crippen LogP contribution in [0.15, 0.2) is 77.7 Å². The highest BCUT2D eigenvalue weighted by atomic mass is 32.2. The predicted molar refractivity (Wildman–Crippen MR) is 124 cm³/mol. The summed E-state index contributed by atoms with van der Waals surface area (Å²) in [6, 6.07) is 23.1. The molecule has 0 bridgehead atoms. The largest absolute Gasteiger partial charge is 0.326 e. The number of rotatable bonds is 6. The van der Waals surface area contributed by atoms with Crippen LogP contribution in [0.5, 0.6) is 0 Å². The van der Waals surface area contributed by atoms with E-state index in [1.165, 1.54) is 4.31 Å². The van der Waals surface area contributed by atoms with Gasteiger partial charge in [0.25, 0.3) is 10.0 Å². The number of hydrogen-bond donors (Lipinski definition) is 1. The SMILES string of the molecule is N#Cc1cccc(NC(=O)CCc2ccc(S(=O)(=O)N3CCCc4ccccc43)cc2)c1. The van der Waals surface area contributed by atoms with Crippen molar-refractivity contribution in [3.05, 3.63) is 89.5 Å². The first-order valence-corrected chi connectivity index (χ1v) is 11.9. The highest BCUT2D eigenvalue weighted by Crippen LogP contribution is 2.31. The molecule has 3 aromatic carbocycles. The normalized spacial score (nSPS) is 13.2. The van der Waals surface area contributed by atoms with Crippen molar-refractivity contribution in [2.45, 2.75) is 30.6 Å². The minimum absolute atomic E-state index is 0.165. The maximum absolute atomic E-state index is 13.2. The van der Waals surface area contributed by atoms with Crippen molar-refractivity contribution in [1.29, 1.82) is 5.26 Å². The molecule has 1 heterocycles. The minimum atomic E-state index is -3.64. The van der Waals surface area contributed by atoms with Gasteiger partial charge in [-0.15, -0.1) is 0 Å². The van der Waals surface area contributed by atoms with Crippen LogP contribution in [0.3, 0.4) is 0 Å². The average molecular weight is 446 g/mol. The summed E-state index contributed by atoms with van der Waals surface area (Å²) in [5, 5.41) is 11.7. The zero-order valence-corrected chi connectivity index (χ0v) is 18.3. The van der Waals surface area contributed by atoms with Gasteiger partial charge in [-0.2, -0.15) is 5.26 Å². The Kier molecular flexibility index (Phi) is 6.24. The van der Waals surface area contributed by atoms with Gasteiger partial charge in [0.2, 0.25) is 5.91 Å². The summed E-state index contributed by atoms with van der Waals surface area (Å²) in [4.78, 5) is 12.5. The predicted octanol–water partition coefficient (Wildman–Crippen LogP) is 4.27. The van der Waals surface area contributed by atoms with E-state index in [9.17, 15) is 13.2 Å². The summed E-state index contributed by atoms with van der Waals surface area (Å²) in [6.07, 6.45) is 2.41. The van der Waals surface area contributed by atoms with E-state index in [4.69, 9.17) is 5.26 Å². The fourth-order valence-electron chi connectivity index (χ4n) is 3.85. The number of fused-ring (bicyclic) bond motifs is 1. The van der Waals surface area contributed by atoms with E-state index in [1.807, 2.05) is 30.3 Å². The minimum Gasteiger partial charge on any atom is -0.326 e. The molecule has 0 unspecified atom stereocenters. The van der Waals surface area contributed by atoms with Crippen molar-refractivity contribution in [1.82, 2.24) is 0 Å². The van der Waals surface area contributed by atoms with Gasteiger partial charge in [0.1, 0.15) is 0 Å². The molecule has 162 valence electrons. The van der Waals surface area contributed by atoms with Crippen LogP contribution in [0.2, 0.25) is 0 Å². The maximum Gasteiger partial charge on any atom is 0.264 e. The topological polar surface area (TPSA) is 90.3 Å². The molecule has 1 aliphatic heterocycles. The van der Waals surface area contributed by atoms with E-state index >= 15 is 0 Å². The Morgan fingerprint density at radius 1 is 1.03 bits per heavy atom. The highest BCUT2D eigenvalue weighted by molar-refractivity contribution is 7.92. The molecule has 0 aliphatic carbocycles. The van der Waals surface area contributed by atoms with Gasteiger partial charge in [-0.1, -0.05) is 36.4 Å². The summed E-state index contributed by atoms with van der Waals surface area (Å²) >= 11 is 0. The van der Waals surface area contributed by atoms with Crippen LogP contribution in [-0.2, 0) is 27.7 Å². The van der Waals surface area contributed by atoms with E-state index in [1.54, 1.807) is 48.5 Å². The molecular formula is C25H23N3O3S. The first-order valence-electron chi connectivity index (χ1n) is 10.5. The van der Waals surface area contributed by atoms with Gasteiger partial charge in [0.05, 0.1) is 22.2 Å². The number of nitriles is 1. The van der Waals surface area contributed by atoms with Crippen LogP contribution >= 0.6 is 0 Å². The second-order valence-electron chi connectivity index (χ2n) is 7.69. The summed E-state index contributed by atoms with van der Waals surface area (Å²) < 4.78 is 27.9. The quantitative estimate of drug-likeness (QED) is 0.613. The number of sulfonamides is 1. The Hall–Kier alpha value is -3.63. The zero-order chi connectivity index (χ0) is 22.6. The third kappa shape index (κ3) is 4.66. The van der Waals surface area contributed by atoms with Gasteiger partial charge >= 0.3 is 0 Å². The van der Waals surface area contributed by atoms with Gasteiger partial charge in [-0.05, 0) is 66.8 Å². The Balaban J connectivity index is 1.41. The monoisotopic (exact) mass is 445 g/mol. The number of amides is 1. The summed E-state index contributed by atoms with van der Waals surface area (Å²) in [7, 11) is -3.64. The molecule has 1 amide bonds. The molecule has 0 radical (unpaired) electrons. The third-order valence-corrected chi connectivity index (χ3v) is 7.32. The number of anilines is 2. The zero-order valence-electron chi connectivity index (χ0n) is 17.5. The molecule has 0 aromatic heterocycles. The van der Waals surface area contributed by atoms with Gasteiger partial charge in [-0.25, -0.2) is 8.42 Å². The van der Waals surface area contributed by atoms with Crippen molar-refractivity contribution in [2.75, 3.05) is 16.2 Å². The molecule has 6 nitrogen and oxygen atoms in total. The van der Waals surface area contributed by atoms with Crippen molar-refractivity contribution in [3.8, 4) is 6.07 Å². The molecule has 0 fully saturated rings. The molecule has 0 atom stereocenters. The highest BCUT2D eigenvalue weighted by Gasteiger charge is 2.28. The van der Waals surface area contributed by atoms with E-state index in [0.717, 1.165) is 29.7 Å². The van der Waals surface area contributed by atoms with E-state index < -0.39 is 10.0 Å². The standard InChI is InChI=1S/C25H23N3O3S/c26-18-20-5-3-8-22(17-20)27-25(29)15-12-19-10-13-23(14-11-19)32(30,31)28-16-4-7-21-6-1-2-9-24(21)28/h1-3,5-6,8-11,13-14,17H,4,7,12,15-16H2,(H,27,29). The summed E-state index contributed by atoms with van der Waals surface area (Å²) in [5.41, 5.74) is 3.74. The molecule has 7 heteroatoms. The first-order chi connectivity index (χ1) is 15.5. The second-order valence-corrected chi connectivity index (χ2v) is 9.56. The summed E-state index contributed by atoms with van der Waals surface area (Å²) in [6.45, 7) is 0.467. The van der Waals surface area contributed by atoms with Crippen LogP contribution < -0.4 is 9.62 Å². The van der Waals surface area contributed by atoms with Crippen LogP contribution in [-0.4, -0.2) is 20.9 Å². The number of aryl methyl sites for hydroxylation is 2. The van der Waals surface area contributed by atoms with Crippen molar-refractivity contribution in [2.24, 2.45) is 0 Å². The number of hydrogen-bond acceptors (Lipinski definition) is 4. The number of carbonyl (C=O) groups is 1. The molecule has 0 saturated heterocycles. The van der Waals surface area contributed by atoms with E-state index in [0.29, 0.717) is 24.2 Å². The Morgan fingerprint density at radius 2 is 1.81 bits per heavy atom. The van der Waals surface area contributed by atoms with Crippen LogP contribution in [0.1, 0.15) is 29.5 Å². The Bertz CT molecular complexity index is 1280. The van der Waals surface area contributed by atoms with Gasteiger partial charge in [0, 0.05) is 18.7 Å². The second kappa shape index (κ2) is 9.25. The molecule has 0 saturated carbocycles. The fraction of sp³-hybridized carbons (Fsp3) is 0.200. The molecule has 1 aliphatic rings. The first kappa shape index (κ1) is 21.6. The lowest BCUT2D eigenvalue weighted by Gasteiger charge is -2.30. The number of nitrogens with one attached hydrogen (secondary N) is 1. The molecular weight excluding hydrogens is 422 g/mol. The lowest BCUT2D eigenvalue weighted by atomic mass is 10.0. The molecule has 0 spiro atoms. The van der Waals surface area contributed by atoms with Gasteiger partial charge in [0.15, 0.2) is 0 Å². The number of nitrogens with zero attached hydrogens (tertiary/aromatic N) is 2. The molecule has 32 heavy (non-hydrogen) atoms. The Labute approximate surface area is 188 Å². The maximum atomic E-state index is 13.2. The summed E-state index contributed by atoms with van der Waals surface area (Å²) in [5.74, 6) is -0.165. The lowest BCUT2D eigenvalue weighted by Crippen LogP contribution is -2.35. The Morgan fingerprint density at radius 3 is 2.59 bits per heavy atom. The van der Waals surface area contributed by atoms with Crippen LogP contribution in [0.4, 0.5) is 11.4 Å². The number of para-hydroxylation sites is 1. The lowest BCUT2D eigenvalue weighted by molar-refractivity contribution is -0.116. The number of benzene rings is 3. The van der Waals surface area contributed by atoms with Crippen molar-refractivity contribution >= 4 is 27.3 Å². The van der Waals surface area contributed by atoms with Crippen molar-refractivity contribution < 1.29 is 13.2 Å². The van der Waals surface area contributed by atoms with Crippen molar-refractivity contribution in [3.63, 3.8) is 0 Å². The fourth-order valence-corrected chi connectivity index (χ4v) is 5.39. The number of carbonyl (C=O) groups excluding carboxylic acids is 1. The van der Waals surface area contributed by atoms with Crippen LogP contribution in [0.25, 0.3) is 0 Å². The molecule has 1 N–H and O–H groups in total. The molecule has 4 rings (SSSR count). The van der Waals surface area contributed by atoms with Gasteiger partial charge < -0.3 is 5.32 Å². The van der Waals surface area contributed by atoms with Crippen LogP contribution in [0, 0.1) is 11.3 Å². The van der Waals surface area contributed by atoms with E-state index in [2.05, 4.69) is 5.32 Å². The molecule has 3 aromatic rings. The smallest absolute Gasteiger partial charge is 0.264 e. The third-order valence-electron chi connectivity index (χ3n) is 5.50. The van der Waals surface area contributed by atoms with E-state index in [-0.39, 0.29) is 17.2 Å². The van der Waals surface area contributed by atoms with Gasteiger partial charge in [-0.3, -0.25) is 9.10 Å². The average Bonchev–Trinajstić information content (AvgIpc) is 2.82.